The molecule has 9 heteroatoms. The molecule has 170 valence electrons. The second-order valence-corrected chi connectivity index (χ2v) is 7.49. The topological polar surface area (TPSA) is 73.0 Å². The lowest BCUT2D eigenvalue weighted by atomic mass is 10.2. The van der Waals surface area contributed by atoms with E-state index in [4.69, 9.17) is 30.2 Å². The largest absolute Gasteiger partial charge is 0.369 e. The number of piperazine rings is 1. The van der Waals surface area contributed by atoms with E-state index in [0.29, 0.717) is 0 Å². The minimum absolute atomic E-state index is 0.388. The monoisotopic (exact) mass is 464 g/mol. The van der Waals surface area contributed by atoms with Crippen LogP contribution in [-0.2, 0) is 14.8 Å². The zero-order valence-corrected chi connectivity index (χ0v) is 16.4. The third-order valence-corrected chi connectivity index (χ3v) is 4.90. The van der Waals surface area contributed by atoms with E-state index in [2.05, 4.69) is 0 Å². The van der Waals surface area contributed by atoms with Crippen LogP contribution in [0.3, 0.4) is 0 Å². The van der Waals surface area contributed by atoms with Crippen LogP contribution in [0.2, 0.25) is 1.41 Å². The van der Waals surface area contributed by atoms with Crippen molar-refractivity contribution in [1.82, 2.24) is 9.21 Å². The van der Waals surface area contributed by atoms with Gasteiger partial charge in [0.1, 0.15) is 5.82 Å². The summed E-state index contributed by atoms with van der Waals surface area (Å²) in [4.78, 5) is 14.0. The summed E-state index contributed by atoms with van der Waals surface area (Å²) in [5, 5.41) is -0.388. The molecule has 0 aliphatic carbocycles. The highest BCUT2D eigenvalue weighted by molar-refractivity contribution is 7.89. The fraction of sp³-hybridized carbons (Fsp3) is 0.667. The van der Waals surface area contributed by atoms with Crippen LogP contribution in [0, 0.1) is 11.7 Å². The molecular weight excluding hydrogens is 407 g/mol. The molecule has 3 unspecified atom stereocenters. The highest BCUT2D eigenvalue weighted by Crippen LogP contribution is 2.23. The molecule has 0 aromatic heterocycles. The molecule has 1 heterocycles. The third kappa shape index (κ3) is 7.85. The van der Waals surface area contributed by atoms with Crippen LogP contribution < -0.4 is 10.2 Å². The summed E-state index contributed by atoms with van der Waals surface area (Å²) in [6, 6.07) is -3.44. The number of rotatable bonds is 10. The Bertz CT molecular complexity index is 1570. The number of nitrogens with zero attached hydrogens (tertiary/aromatic N) is 3. The predicted molar refractivity (Wildman–Crippen MR) is 120 cm³/mol. The smallest absolute Gasteiger partial charge is 0.221 e. The van der Waals surface area contributed by atoms with Crippen molar-refractivity contribution in [3.05, 3.63) is 23.9 Å². The van der Waals surface area contributed by atoms with Gasteiger partial charge in [0.05, 0.1) is 9.82 Å². The molecule has 0 bridgehead atoms. The van der Waals surface area contributed by atoms with Crippen molar-refractivity contribution < 1.29 is 47.8 Å². The van der Waals surface area contributed by atoms with Gasteiger partial charge in [0.15, 0.2) is 1.41 Å². The lowest BCUT2D eigenvalue weighted by molar-refractivity contribution is -0.114. The van der Waals surface area contributed by atoms with Crippen molar-refractivity contribution in [3.8, 4) is 0 Å². The minimum atomic E-state index is -6.11. The molecule has 0 spiro atoms. The molecule has 1 saturated heterocycles. The summed E-state index contributed by atoms with van der Waals surface area (Å²) >= 11 is 0. The maximum Gasteiger partial charge on any atom is 0.221 e. The molecule has 1 aliphatic heterocycles. The second-order valence-electron chi connectivity index (χ2n) is 5.90. The zero-order valence-electron chi connectivity index (χ0n) is 37.6. The molecule has 1 aromatic carbocycles. The van der Waals surface area contributed by atoms with Crippen LogP contribution >= 0.6 is 0 Å². The number of hydrogen-bond acceptors (Lipinski definition) is 5. The first-order valence-electron chi connectivity index (χ1n) is 19.6. The first kappa shape index (κ1) is 8.01. The molecule has 1 aliphatic rings. The Labute approximate surface area is 211 Å². The average Bonchev–Trinajstić information content (AvgIpc) is 2.94. The van der Waals surface area contributed by atoms with Gasteiger partial charge in [0.2, 0.25) is 15.9 Å². The van der Waals surface area contributed by atoms with Crippen LogP contribution in [0.15, 0.2) is 18.1 Å². The Morgan fingerprint density at radius 3 is 2.87 bits per heavy atom. The number of carbonyl (C=O) groups excluding carboxylic acids is 1. The minimum Gasteiger partial charge on any atom is -0.369 e. The number of hydrogen-bond donors (Lipinski definition) is 1. The van der Waals surface area contributed by atoms with Gasteiger partial charge < -0.3 is 10.2 Å². The Balaban J connectivity index is 2.38. The second kappa shape index (κ2) is 11.1. The van der Waals surface area contributed by atoms with Crippen LogP contribution in [0.4, 0.5) is 15.8 Å². The normalized spacial score (nSPS) is 34.9. The maximum atomic E-state index is 15.0. The van der Waals surface area contributed by atoms with Gasteiger partial charge in [-0.25, -0.2) is 17.1 Å². The average molecular weight is 465 g/mol. The molecule has 3 atom stereocenters. The van der Waals surface area contributed by atoms with Crippen LogP contribution in [-0.4, -0.2) is 75.4 Å². The van der Waals surface area contributed by atoms with Gasteiger partial charge in [-0.05, 0) is 43.4 Å². The highest BCUT2D eigenvalue weighted by atomic mass is 32.2. The molecule has 0 radical (unpaired) electrons. The lowest BCUT2D eigenvalue weighted by Gasteiger charge is -2.36. The molecule has 7 nitrogen and oxygen atoms in total. The molecule has 1 aromatic rings. The van der Waals surface area contributed by atoms with E-state index in [0.717, 1.165) is 9.80 Å². The van der Waals surface area contributed by atoms with E-state index in [1.165, 1.54) is 0 Å². The molecule has 30 heavy (non-hydrogen) atoms. The van der Waals surface area contributed by atoms with Crippen molar-refractivity contribution in [1.29, 1.82) is 0 Å². The first-order valence-corrected chi connectivity index (χ1v) is 9.90. The van der Waals surface area contributed by atoms with Gasteiger partial charge in [0.25, 0.3) is 0 Å². The van der Waals surface area contributed by atoms with Crippen molar-refractivity contribution in [2.24, 2.45) is 5.89 Å². The molecular formula is C21H35FN4O3S. The predicted octanol–water partition coefficient (Wildman–Crippen LogP) is 2.60. The third-order valence-electron chi connectivity index (χ3n) is 3.67. The maximum absolute atomic E-state index is 15.0. The number of nitrogens with one attached hydrogen (secondary N) is 1. The van der Waals surface area contributed by atoms with Crippen molar-refractivity contribution in [3.63, 3.8) is 0 Å². The SMILES string of the molecule is [2H]c1c(F)c([2H])c(N([2H])C(=O)C([2H])([2H])[2H])c([2H])c1N1CC([2H])N(C([2H])CCCN(C([2H])([2H])[2H])S(=O)(=O)C([2H])([2H])C([2H])(C([2H])([2H])[2H])C([2H])([2H])[2H])C([2H])C1. The summed E-state index contributed by atoms with van der Waals surface area (Å²) in [6.07, 6.45) is -1.16. The molecule has 1 N–H and O–H groups in total. The van der Waals surface area contributed by atoms with Gasteiger partial charge in [-0.3, -0.25) is 9.69 Å². The first-order chi connectivity index (χ1) is 23.0. The highest BCUT2D eigenvalue weighted by Gasteiger charge is 2.20. The number of sulfonamides is 1. The number of halogens is 1. The van der Waals surface area contributed by atoms with E-state index in [1.54, 1.807) is 0 Å². The van der Waals surface area contributed by atoms with Crippen LogP contribution in [0.5, 0.6) is 0 Å². The fourth-order valence-electron chi connectivity index (χ4n) is 2.38. The Morgan fingerprint density at radius 1 is 1.43 bits per heavy atom. The van der Waals surface area contributed by atoms with E-state index >= 15 is 0 Å². The molecule has 1 amide bonds. The lowest BCUT2D eigenvalue weighted by Crippen LogP contribution is -2.46. The number of carbonyl (C=O) groups is 1. The number of amides is 1. The Kier molecular flexibility index (Phi) is 2.95. The van der Waals surface area contributed by atoms with Gasteiger partial charge in [0, 0.05) is 82.6 Å². The standard InChI is InChI=1S/C21H35FN4O3S/c1-17(2)16-30(28,29)24(4)7-5-6-8-25-9-11-26(12-10-25)21-14-19(22)13-20(15-21)23-18(3)27/h13-15,17H,5-12,16H2,1-4H3,(H,23,27)/i1D3,2D3,3D3,4D3,8D,9D,10D,13D,14D,15D,16D2,17D/hD. The number of benzene rings is 1. The van der Waals surface area contributed by atoms with Gasteiger partial charge in [-0.15, -0.1) is 0 Å². The van der Waals surface area contributed by atoms with Crippen LogP contribution in [0.1, 0.15) is 62.2 Å². The summed E-state index contributed by atoms with van der Waals surface area (Å²) in [6.45, 7) is -22.6. The summed E-state index contributed by atoms with van der Waals surface area (Å²) in [5.74, 6) is -7.92. The van der Waals surface area contributed by atoms with Gasteiger partial charge >= 0.3 is 0 Å². The van der Waals surface area contributed by atoms with Gasteiger partial charge in [-0.2, -0.15) is 0 Å². The molecule has 1 fully saturated rings. The van der Waals surface area contributed by atoms with E-state index in [1.807, 2.05) is 0 Å². The van der Waals surface area contributed by atoms with E-state index in [-0.39, 0.29) is 5.31 Å². The quantitative estimate of drug-likeness (QED) is 0.576. The molecule has 2 rings (SSSR count). The van der Waals surface area contributed by atoms with E-state index < -0.39 is 147 Å². The summed E-state index contributed by atoms with van der Waals surface area (Å²) < 4.78 is 213. The van der Waals surface area contributed by atoms with Crippen LogP contribution in [0.25, 0.3) is 0 Å². The van der Waals surface area contributed by atoms with Crippen molar-refractivity contribution in [2.75, 3.05) is 62.1 Å². The van der Waals surface area contributed by atoms with Crippen molar-refractivity contribution >= 4 is 27.3 Å². The number of anilines is 2. The van der Waals surface area contributed by atoms with Crippen molar-refractivity contribution in [2.45, 2.75) is 33.4 Å². The summed E-state index contributed by atoms with van der Waals surface area (Å²) in [7, 11) is -6.11. The Hall–Kier alpha value is -1.71. The molecule has 0 saturated carbocycles. The summed E-state index contributed by atoms with van der Waals surface area (Å²) in [5.41, 5.74) is -6.38. The fourth-order valence-corrected chi connectivity index (χ4v) is 3.11. The zero-order chi connectivity index (χ0) is 41.1. The Morgan fingerprint density at radius 2 is 2.20 bits per heavy atom. The van der Waals surface area contributed by atoms with E-state index in [9.17, 15) is 17.6 Å². The van der Waals surface area contributed by atoms with Gasteiger partial charge in [-0.1, -0.05) is 13.7 Å².